The van der Waals surface area contributed by atoms with Crippen molar-refractivity contribution in [2.45, 2.75) is 26.9 Å². The highest BCUT2D eigenvalue weighted by Crippen LogP contribution is 2.20. The maximum absolute atomic E-state index is 12.4. The summed E-state index contributed by atoms with van der Waals surface area (Å²) >= 11 is 0. The van der Waals surface area contributed by atoms with E-state index in [1.54, 1.807) is 25.1 Å². The van der Waals surface area contributed by atoms with Crippen LogP contribution in [0, 0.1) is 13.8 Å². The van der Waals surface area contributed by atoms with Crippen LogP contribution in [-0.2, 0) is 9.53 Å². The van der Waals surface area contributed by atoms with Gasteiger partial charge in [0.15, 0.2) is 6.10 Å². The number of hydrogen-bond donors (Lipinski definition) is 1. The Morgan fingerprint density at radius 2 is 1.64 bits per heavy atom. The third-order valence-electron chi connectivity index (χ3n) is 3.98. The number of esters is 1. The minimum atomic E-state index is -0.894. The van der Waals surface area contributed by atoms with Crippen molar-refractivity contribution in [3.05, 3.63) is 59.2 Å². The van der Waals surface area contributed by atoms with E-state index in [0.29, 0.717) is 5.56 Å². The fraction of sp³-hybridized carbons (Fsp3) is 0.300. The Morgan fingerprint density at radius 1 is 1.04 bits per heavy atom. The van der Waals surface area contributed by atoms with Gasteiger partial charge in [0.1, 0.15) is 0 Å². The zero-order chi connectivity index (χ0) is 18.6. The molecule has 1 N–H and O–H groups in total. The number of hydrogen-bond acceptors (Lipinski definition) is 4. The molecule has 2 aromatic rings. The number of aryl methyl sites for hydroxylation is 2. The van der Waals surface area contributed by atoms with Gasteiger partial charge in [-0.05, 0) is 50.1 Å². The van der Waals surface area contributed by atoms with Gasteiger partial charge in [0.05, 0.1) is 5.56 Å². The lowest BCUT2D eigenvalue weighted by atomic mass is 10.1. The number of ether oxygens (including phenoxy) is 1. The third kappa shape index (κ3) is 4.59. The summed E-state index contributed by atoms with van der Waals surface area (Å²) in [6.45, 7) is 5.41. The van der Waals surface area contributed by atoms with Gasteiger partial charge in [0.25, 0.3) is 5.91 Å². The summed E-state index contributed by atoms with van der Waals surface area (Å²) in [5, 5.41) is 2.84. The lowest BCUT2D eigenvalue weighted by Crippen LogP contribution is -2.30. The topological polar surface area (TPSA) is 58.6 Å². The maximum atomic E-state index is 12.4. The number of nitrogens with one attached hydrogen (secondary N) is 1. The first kappa shape index (κ1) is 18.5. The highest BCUT2D eigenvalue weighted by molar-refractivity contribution is 5.98. The van der Waals surface area contributed by atoms with Crippen molar-refractivity contribution < 1.29 is 14.3 Å². The van der Waals surface area contributed by atoms with Gasteiger partial charge in [-0.2, -0.15) is 0 Å². The van der Waals surface area contributed by atoms with E-state index in [4.69, 9.17) is 4.74 Å². The smallest absolute Gasteiger partial charge is 0.338 e. The predicted molar refractivity (Wildman–Crippen MR) is 100 cm³/mol. The van der Waals surface area contributed by atoms with Crippen LogP contribution >= 0.6 is 0 Å². The normalized spacial score (nSPS) is 11.6. The molecule has 0 aromatic heterocycles. The molecule has 0 saturated carbocycles. The fourth-order valence-corrected chi connectivity index (χ4v) is 2.43. The number of amides is 1. The quantitative estimate of drug-likeness (QED) is 0.846. The Labute approximate surface area is 148 Å². The lowest BCUT2D eigenvalue weighted by Gasteiger charge is -2.17. The summed E-state index contributed by atoms with van der Waals surface area (Å²) in [7, 11) is 3.79. The number of para-hydroxylation sites is 1. The van der Waals surface area contributed by atoms with E-state index in [-0.39, 0.29) is 5.91 Å². The first-order valence-corrected chi connectivity index (χ1v) is 8.15. The van der Waals surface area contributed by atoms with Crippen LogP contribution in [0.15, 0.2) is 42.5 Å². The van der Waals surface area contributed by atoms with Crippen molar-refractivity contribution in [2.24, 2.45) is 0 Å². The van der Waals surface area contributed by atoms with Gasteiger partial charge in [0, 0.05) is 25.5 Å². The molecule has 1 unspecified atom stereocenters. The summed E-state index contributed by atoms with van der Waals surface area (Å²) in [6.07, 6.45) is -0.894. The van der Waals surface area contributed by atoms with Crippen molar-refractivity contribution in [3.8, 4) is 0 Å². The van der Waals surface area contributed by atoms with Crippen LogP contribution in [-0.4, -0.2) is 32.1 Å². The maximum Gasteiger partial charge on any atom is 0.338 e. The first-order valence-electron chi connectivity index (χ1n) is 8.15. The third-order valence-corrected chi connectivity index (χ3v) is 3.98. The van der Waals surface area contributed by atoms with E-state index >= 15 is 0 Å². The number of rotatable bonds is 5. The molecule has 0 saturated heterocycles. The number of carbonyl (C=O) groups is 2. The first-order chi connectivity index (χ1) is 11.8. The Kier molecular flexibility index (Phi) is 5.80. The summed E-state index contributed by atoms with van der Waals surface area (Å²) in [5.74, 6) is -0.873. The zero-order valence-corrected chi connectivity index (χ0v) is 15.3. The molecule has 0 radical (unpaired) electrons. The van der Waals surface area contributed by atoms with Crippen LogP contribution < -0.4 is 10.2 Å². The van der Waals surface area contributed by atoms with Crippen LogP contribution in [0.3, 0.4) is 0 Å². The van der Waals surface area contributed by atoms with E-state index in [9.17, 15) is 9.59 Å². The van der Waals surface area contributed by atoms with Gasteiger partial charge < -0.3 is 15.0 Å². The molecule has 0 spiro atoms. The lowest BCUT2D eigenvalue weighted by molar-refractivity contribution is -0.123. The summed E-state index contributed by atoms with van der Waals surface area (Å²) in [4.78, 5) is 26.6. The zero-order valence-electron chi connectivity index (χ0n) is 15.3. The molecular formula is C20H24N2O3. The highest BCUT2D eigenvalue weighted by Gasteiger charge is 2.20. The average molecular weight is 340 g/mol. The molecule has 5 heteroatoms. The van der Waals surface area contributed by atoms with Gasteiger partial charge in [-0.15, -0.1) is 0 Å². The Balaban J connectivity index is 2.06. The summed E-state index contributed by atoms with van der Waals surface area (Å²) < 4.78 is 5.32. The molecule has 0 fully saturated rings. The standard InChI is InChI=1S/C20H24N2O3/c1-13-8-6-9-14(2)18(13)21-19(23)15(3)25-20(24)16-10-7-11-17(12-16)22(4)5/h6-12,15H,1-5H3,(H,21,23). The molecule has 0 aliphatic rings. The van der Waals surface area contributed by atoms with Gasteiger partial charge in [-0.25, -0.2) is 4.79 Å². The van der Waals surface area contributed by atoms with Gasteiger partial charge in [0.2, 0.25) is 0 Å². The Morgan fingerprint density at radius 3 is 2.24 bits per heavy atom. The molecule has 0 heterocycles. The predicted octanol–water partition coefficient (Wildman–Crippen LogP) is 3.55. The van der Waals surface area contributed by atoms with Gasteiger partial charge in [-0.3, -0.25) is 4.79 Å². The molecule has 0 aliphatic carbocycles. The Bertz CT molecular complexity index is 764. The van der Waals surface area contributed by atoms with Crippen LogP contribution in [0.2, 0.25) is 0 Å². The van der Waals surface area contributed by atoms with Crippen LogP contribution in [0.4, 0.5) is 11.4 Å². The minimum absolute atomic E-state index is 0.352. The summed E-state index contributed by atoms with van der Waals surface area (Å²) in [5.41, 5.74) is 3.99. The van der Waals surface area contributed by atoms with E-state index in [1.807, 2.05) is 57.1 Å². The average Bonchev–Trinajstić information content (AvgIpc) is 2.58. The van der Waals surface area contributed by atoms with Crippen LogP contribution in [0.1, 0.15) is 28.4 Å². The number of anilines is 2. The van der Waals surface area contributed by atoms with E-state index in [1.165, 1.54) is 0 Å². The van der Waals surface area contributed by atoms with Crippen molar-refractivity contribution in [3.63, 3.8) is 0 Å². The monoisotopic (exact) mass is 340 g/mol. The number of nitrogens with zero attached hydrogens (tertiary/aromatic N) is 1. The minimum Gasteiger partial charge on any atom is -0.449 e. The second-order valence-electron chi connectivity index (χ2n) is 6.25. The van der Waals surface area contributed by atoms with E-state index < -0.39 is 12.1 Å². The van der Waals surface area contributed by atoms with Crippen molar-refractivity contribution in [2.75, 3.05) is 24.3 Å². The Hall–Kier alpha value is -2.82. The van der Waals surface area contributed by atoms with E-state index in [2.05, 4.69) is 5.32 Å². The van der Waals surface area contributed by atoms with Crippen LogP contribution in [0.5, 0.6) is 0 Å². The van der Waals surface area contributed by atoms with Crippen LogP contribution in [0.25, 0.3) is 0 Å². The van der Waals surface area contributed by atoms with Gasteiger partial charge >= 0.3 is 5.97 Å². The SMILES string of the molecule is Cc1cccc(C)c1NC(=O)C(C)OC(=O)c1cccc(N(C)C)c1. The highest BCUT2D eigenvalue weighted by atomic mass is 16.5. The van der Waals surface area contributed by atoms with Gasteiger partial charge in [-0.1, -0.05) is 24.3 Å². The van der Waals surface area contributed by atoms with Crippen molar-refractivity contribution in [1.82, 2.24) is 0 Å². The molecule has 25 heavy (non-hydrogen) atoms. The van der Waals surface area contributed by atoms with E-state index in [0.717, 1.165) is 22.5 Å². The van der Waals surface area contributed by atoms with Crippen molar-refractivity contribution in [1.29, 1.82) is 0 Å². The largest absolute Gasteiger partial charge is 0.449 e. The second-order valence-corrected chi connectivity index (χ2v) is 6.25. The molecule has 2 aromatic carbocycles. The van der Waals surface area contributed by atoms with Crippen molar-refractivity contribution >= 4 is 23.3 Å². The molecule has 0 aliphatic heterocycles. The molecule has 1 atom stereocenters. The number of benzene rings is 2. The molecule has 132 valence electrons. The molecular weight excluding hydrogens is 316 g/mol. The molecule has 5 nitrogen and oxygen atoms in total. The second kappa shape index (κ2) is 7.83. The molecule has 0 bridgehead atoms. The molecule has 2 rings (SSSR count). The fourth-order valence-electron chi connectivity index (χ4n) is 2.43. The summed E-state index contributed by atoms with van der Waals surface area (Å²) in [6, 6.07) is 12.9. The number of carbonyl (C=O) groups excluding carboxylic acids is 2. The molecule has 1 amide bonds.